The lowest BCUT2D eigenvalue weighted by atomic mass is 9.67. The minimum atomic E-state index is -0.582. The van der Waals surface area contributed by atoms with E-state index in [1.165, 1.54) is 0 Å². The molecule has 7 heteroatoms. The van der Waals surface area contributed by atoms with Crippen molar-refractivity contribution in [3.8, 4) is 6.07 Å². The molecule has 3 heterocycles. The maximum Gasteiger partial charge on any atom is 0.254 e. The number of nitriles is 1. The number of carbonyl (C=O) groups is 2. The van der Waals surface area contributed by atoms with Crippen LogP contribution in [0.4, 0.5) is 0 Å². The van der Waals surface area contributed by atoms with Crippen molar-refractivity contribution in [2.45, 2.75) is 37.9 Å². The van der Waals surface area contributed by atoms with Gasteiger partial charge in [-0.3, -0.25) is 14.5 Å². The minimum absolute atomic E-state index is 0.00894. The first-order valence-corrected chi connectivity index (χ1v) is 11.9. The molecule has 34 heavy (non-hydrogen) atoms. The van der Waals surface area contributed by atoms with E-state index in [9.17, 15) is 9.59 Å². The van der Waals surface area contributed by atoms with E-state index in [1.807, 2.05) is 72.2 Å². The number of rotatable bonds is 4. The highest BCUT2D eigenvalue weighted by Crippen LogP contribution is 2.48. The van der Waals surface area contributed by atoms with Crippen LogP contribution < -0.4 is 0 Å². The summed E-state index contributed by atoms with van der Waals surface area (Å²) in [6.07, 6.45) is 0. The van der Waals surface area contributed by atoms with Crippen LogP contribution in [-0.2, 0) is 16.1 Å². The third kappa shape index (κ3) is 3.67. The van der Waals surface area contributed by atoms with E-state index in [-0.39, 0.29) is 17.9 Å². The monoisotopic (exact) mass is 458 g/mol. The van der Waals surface area contributed by atoms with Crippen LogP contribution in [0.3, 0.4) is 0 Å². The van der Waals surface area contributed by atoms with E-state index >= 15 is 0 Å². The minimum Gasteiger partial charge on any atom is -0.378 e. The fourth-order valence-electron chi connectivity index (χ4n) is 5.90. The molecule has 1 atom stereocenters. The van der Waals surface area contributed by atoms with Crippen LogP contribution >= 0.6 is 0 Å². The highest BCUT2D eigenvalue weighted by atomic mass is 16.5. The molecule has 5 rings (SSSR count). The molecule has 2 amide bonds. The molecule has 2 fully saturated rings. The molecule has 0 aromatic heterocycles. The number of amides is 2. The molecule has 1 unspecified atom stereocenters. The normalized spacial score (nSPS) is 21.8. The Balaban J connectivity index is 1.50. The molecule has 3 aliphatic rings. The lowest BCUT2D eigenvalue weighted by molar-refractivity contribution is -0.148. The Morgan fingerprint density at radius 3 is 2.44 bits per heavy atom. The van der Waals surface area contributed by atoms with E-state index in [1.54, 1.807) is 0 Å². The standard InChI is InChI=1S/C27H30N4O3/c1-19(2)31-25(32)23-6-4-3-5-22(23)24(26(33)30-11-13-34-14-12-30)27(31)17-29(18-27)16-21-9-7-20(15-28)8-10-21/h3-10,19,24H,11-14,16-18H2,1-2H3. The van der Waals surface area contributed by atoms with Gasteiger partial charge in [0.1, 0.15) is 0 Å². The lowest BCUT2D eigenvalue weighted by Crippen LogP contribution is -2.77. The van der Waals surface area contributed by atoms with Crippen LogP contribution in [0.25, 0.3) is 0 Å². The summed E-state index contributed by atoms with van der Waals surface area (Å²) in [6, 6.07) is 17.3. The Hall–Kier alpha value is -3.21. The van der Waals surface area contributed by atoms with Gasteiger partial charge in [-0.05, 0) is 43.2 Å². The third-order valence-corrected chi connectivity index (χ3v) is 7.31. The van der Waals surface area contributed by atoms with Gasteiger partial charge in [0.15, 0.2) is 0 Å². The average molecular weight is 459 g/mol. The Kier molecular flexibility index (Phi) is 5.88. The summed E-state index contributed by atoms with van der Waals surface area (Å²) in [5.74, 6) is -0.305. The van der Waals surface area contributed by atoms with Gasteiger partial charge >= 0.3 is 0 Å². The second-order valence-corrected chi connectivity index (χ2v) is 9.78. The van der Waals surface area contributed by atoms with Crippen LogP contribution in [0.5, 0.6) is 0 Å². The predicted octanol–water partition coefficient (Wildman–Crippen LogP) is 2.62. The molecule has 2 aromatic rings. The Bertz CT molecular complexity index is 1130. The molecule has 0 saturated carbocycles. The van der Waals surface area contributed by atoms with Crippen LogP contribution in [-0.4, -0.2) is 77.5 Å². The van der Waals surface area contributed by atoms with Crippen LogP contribution in [0.2, 0.25) is 0 Å². The molecule has 0 aliphatic carbocycles. The molecular weight excluding hydrogens is 428 g/mol. The zero-order valence-corrected chi connectivity index (χ0v) is 19.7. The summed E-state index contributed by atoms with van der Waals surface area (Å²) in [5.41, 5.74) is 2.66. The number of nitrogens with zero attached hydrogens (tertiary/aromatic N) is 4. The van der Waals surface area contributed by atoms with Gasteiger partial charge in [-0.25, -0.2) is 0 Å². The predicted molar refractivity (Wildman–Crippen MR) is 127 cm³/mol. The average Bonchev–Trinajstić information content (AvgIpc) is 2.83. The van der Waals surface area contributed by atoms with Crippen molar-refractivity contribution in [3.05, 3.63) is 70.8 Å². The molecular formula is C27H30N4O3. The molecule has 0 bridgehead atoms. The zero-order valence-electron chi connectivity index (χ0n) is 19.7. The Morgan fingerprint density at radius 1 is 1.12 bits per heavy atom. The van der Waals surface area contributed by atoms with Gasteiger partial charge in [0.25, 0.3) is 5.91 Å². The number of likely N-dealkylation sites (tertiary alicyclic amines) is 1. The second-order valence-electron chi connectivity index (χ2n) is 9.78. The van der Waals surface area contributed by atoms with Gasteiger partial charge in [0.2, 0.25) is 5.91 Å². The molecule has 1 spiro atoms. The maximum absolute atomic E-state index is 14.0. The van der Waals surface area contributed by atoms with Crippen molar-refractivity contribution in [2.24, 2.45) is 0 Å². The first kappa shape index (κ1) is 22.6. The highest BCUT2D eigenvalue weighted by molar-refractivity contribution is 6.02. The van der Waals surface area contributed by atoms with Crippen molar-refractivity contribution in [1.82, 2.24) is 14.7 Å². The first-order valence-electron chi connectivity index (χ1n) is 11.9. The third-order valence-electron chi connectivity index (χ3n) is 7.31. The molecule has 2 aromatic carbocycles. The molecule has 7 nitrogen and oxygen atoms in total. The molecule has 0 radical (unpaired) electrons. The van der Waals surface area contributed by atoms with Crippen molar-refractivity contribution in [1.29, 1.82) is 5.26 Å². The molecule has 0 N–H and O–H groups in total. The van der Waals surface area contributed by atoms with Gasteiger partial charge in [-0.2, -0.15) is 5.26 Å². The van der Waals surface area contributed by atoms with E-state index in [4.69, 9.17) is 10.00 Å². The lowest BCUT2D eigenvalue weighted by Gasteiger charge is -2.62. The molecule has 176 valence electrons. The zero-order chi connectivity index (χ0) is 23.9. The fraction of sp³-hybridized carbons (Fsp3) is 0.444. The van der Waals surface area contributed by atoms with Gasteiger partial charge in [-0.1, -0.05) is 30.3 Å². The van der Waals surface area contributed by atoms with E-state index in [0.29, 0.717) is 57.1 Å². The summed E-state index contributed by atoms with van der Waals surface area (Å²) in [4.78, 5) is 33.9. The summed E-state index contributed by atoms with van der Waals surface area (Å²) in [7, 11) is 0. The highest BCUT2D eigenvalue weighted by Gasteiger charge is 2.61. The summed E-state index contributed by atoms with van der Waals surface area (Å²) in [5, 5.41) is 9.07. The fourth-order valence-corrected chi connectivity index (χ4v) is 5.90. The van der Waals surface area contributed by atoms with Crippen LogP contribution in [0.1, 0.15) is 46.8 Å². The molecule has 2 saturated heterocycles. The summed E-state index contributed by atoms with van der Waals surface area (Å²) < 4.78 is 5.49. The maximum atomic E-state index is 14.0. The van der Waals surface area contributed by atoms with Crippen molar-refractivity contribution < 1.29 is 14.3 Å². The van der Waals surface area contributed by atoms with Gasteiger partial charge in [0, 0.05) is 44.3 Å². The topological polar surface area (TPSA) is 76.9 Å². The van der Waals surface area contributed by atoms with Gasteiger partial charge in [0.05, 0.1) is 36.3 Å². The smallest absolute Gasteiger partial charge is 0.254 e. The number of carbonyl (C=O) groups excluding carboxylic acids is 2. The number of hydrogen-bond acceptors (Lipinski definition) is 5. The number of hydrogen-bond donors (Lipinski definition) is 0. The Morgan fingerprint density at radius 2 is 1.79 bits per heavy atom. The largest absolute Gasteiger partial charge is 0.378 e. The van der Waals surface area contributed by atoms with Gasteiger partial charge < -0.3 is 14.5 Å². The summed E-state index contributed by atoms with van der Waals surface area (Å²) >= 11 is 0. The molecule has 3 aliphatic heterocycles. The van der Waals surface area contributed by atoms with Crippen LogP contribution in [0, 0.1) is 11.3 Å². The van der Waals surface area contributed by atoms with Gasteiger partial charge in [-0.15, -0.1) is 0 Å². The quantitative estimate of drug-likeness (QED) is 0.704. The van der Waals surface area contributed by atoms with E-state index < -0.39 is 11.5 Å². The van der Waals surface area contributed by atoms with Crippen molar-refractivity contribution >= 4 is 11.8 Å². The number of fused-ring (bicyclic) bond motifs is 1. The van der Waals surface area contributed by atoms with Crippen molar-refractivity contribution in [2.75, 3.05) is 39.4 Å². The van der Waals surface area contributed by atoms with E-state index in [2.05, 4.69) is 11.0 Å². The van der Waals surface area contributed by atoms with Crippen molar-refractivity contribution in [3.63, 3.8) is 0 Å². The summed E-state index contributed by atoms with van der Waals surface area (Å²) in [6.45, 7) is 8.30. The first-order chi connectivity index (χ1) is 16.4. The number of benzene rings is 2. The Labute approximate surface area is 200 Å². The number of ether oxygens (including phenoxy) is 1. The second kappa shape index (κ2) is 8.86. The SMILES string of the molecule is CC(C)N1C(=O)c2ccccc2C(C(=O)N2CCOCC2)C12CN(Cc1ccc(C#N)cc1)C2. The number of morpholine rings is 1. The van der Waals surface area contributed by atoms with Crippen LogP contribution in [0.15, 0.2) is 48.5 Å². The van der Waals surface area contributed by atoms with E-state index in [0.717, 1.165) is 11.1 Å².